The van der Waals surface area contributed by atoms with E-state index in [0.717, 1.165) is 62.9 Å². The highest BCUT2D eigenvalue weighted by molar-refractivity contribution is 6.17. The number of benzene rings is 4. The number of fused-ring (bicyclic) bond motifs is 3. The summed E-state index contributed by atoms with van der Waals surface area (Å²) in [5, 5.41) is 0. The molecule has 0 fully saturated rings. The van der Waals surface area contributed by atoms with Gasteiger partial charge in [-0.15, -0.1) is 0 Å². The van der Waals surface area contributed by atoms with Crippen LogP contribution < -0.4 is 11.5 Å². The van der Waals surface area contributed by atoms with Gasteiger partial charge in [0.05, 0.1) is 5.92 Å². The molecule has 4 N–H and O–H groups in total. The Hall–Kier alpha value is -5.03. The third-order valence-corrected chi connectivity index (χ3v) is 7.97. The molecule has 1 heterocycles. The first kappa shape index (κ1) is 26.2. The summed E-state index contributed by atoms with van der Waals surface area (Å²) in [7, 11) is 0. The summed E-state index contributed by atoms with van der Waals surface area (Å²) >= 11 is 0. The molecule has 0 spiro atoms. The maximum absolute atomic E-state index is 14.7. The molecular weight excluding hydrogens is 506 g/mol. The van der Waals surface area contributed by atoms with Gasteiger partial charge in [0.1, 0.15) is 5.82 Å². The number of primary amides is 1. The summed E-state index contributed by atoms with van der Waals surface area (Å²) in [5.41, 5.74) is 21.2. The first-order valence-corrected chi connectivity index (χ1v) is 14.0. The first-order chi connectivity index (χ1) is 20.0. The van der Waals surface area contributed by atoms with E-state index in [0.29, 0.717) is 23.4 Å². The standard InChI is InChI=1S/C36H31N3O2/c1-2-3-13-28-32(23-18-19-31(37)39-21-23)30(20-29-25-15-8-9-16-26(25)34(33(28)29)36(38)41)35(40)27-17-10-7-14-24(27)22-11-5-4-6-12-22/h4-12,14-21,34H,2-3,13H2,1H3,(H2,37,39)(H2,38,41). The molecule has 0 saturated heterocycles. The van der Waals surface area contributed by atoms with Crippen LogP contribution in [-0.4, -0.2) is 16.7 Å². The molecule has 6 rings (SSSR count). The fourth-order valence-electron chi connectivity index (χ4n) is 6.12. The molecule has 202 valence electrons. The highest BCUT2D eigenvalue weighted by Gasteiger charge is 2.37. The fraction of sp³-hybridized carbons (Fsp3) is 0.139. The lowest BCUT2D eigenvalue weighted by atomic mass is 9.80. The second-order valence-electron chi connectivity index (χ2n) is 10.5. The number of amides is 1. The van der Waals surface area contributed by atoms with E-state index >= 15 is 0 Å². The fourth-order valence-corrected chi connectivity index (χ4v) is 6.12. The third kappa shape index (κ3) is 4.59. The molecule has 0 radical (unpaired) electrons. The van der Waals surface area contributed by atoms with Gasteiger partial charge in [0, 0.05) is 22.9 Å². The van der Waals surface area contributed by atoms with Gasteiger partial charge in [0.15, 0.2) is 5.78 Å². The van der Waals surface area contributed by atoms with Crippen LogP contribution in [-0.2, 0) is 11.2 Å². The van der Waals surface area contributed by atoms with Crippen molar-refractivity contribution in [2.24, 2.45) is 5.73 Å². The summed E-state index contributed by atoms with van der Waals surface area (Å²) < 4.78 is 0. The molecule has 1 aromatic heterocycles. The molecule has 5 aromatic rings. The maximum atomic E-state index is 14.7. The van der Waals surface area contributed by atoms with E-state index in [2.05, 4.69) is 11.9 Å². The second kappa shape index (κ2) is 10.9. The van der Waals surface area contributed by atoms with Crippen LogP contribution in [0.15, 0.2) is 103 Å². The van der Waals surface area contributed by atoms with Crippen LogP contribution >= 0.6 is 0 Å². The van der Waals surface area contributed by atoms with E-state index in [9.17, 15) is 9.59 Å². The second-order valence-corrected chi connectivity index (χ2v) is 10.5. The number of nitrogen functional groups attached to an aromatic ring is 1. The van der Waals surface area contributed by atoms with Crippen molar-refractivity contribution in [3.63, 3.8) is 0 Å². The van der Waals surface area contributed by atoms with Crippen LogP contribution in [0.25, 0.3) is 33.4 Å². The molecule has 5 nitrogen and oxygen atoms in total. The van der Waals surface area contributed by atoms with Gasteiger partial charge in [-0.1, -0.05) is 92.2 Å². The Morgan fingerprint density at radius 2 is 1.49 bits per heavy atom. The number of aromatic nitrogens is 1. The van der Waals surface area contributed by atoms with Gasteiger partial charge in [-0.05, 0) is 75.5 Å². The van der Waals surface area contributed by atoms with Crippen molar-refractivity contribution in [2.75, 3.05) is 5.73 Å². The Labute approximate surface area is 239 Å². The number of pyridine rings is 1. The molecule has 1 aliphatic carbocycles. The maximum Gasteiger partial charge on any atom is 0.229 e. The van der Waals surface area contributed by atoms with Crippen molar-refractivity contribution in [1.82, 2.24) is 4.98 Å². The molecule has 4 aromatic carbocycles. The first-order valence-electron chi connectivity index (χ1n) is 14.0. The van der Waals surface area contributed by atoms with Crippen LogP contribution in [0.4, 0.5) is 5.82 Å². The van der Waals surface area contributed by atoms with Gasteiger partial charge in [-0.3, -0.25) is 9.59 Å². The van der Waals surface area contributed by atoms with E-state index in [1.54, 1.807) is 12.3 Å². The summed E-state index contributed by atoms with van der Waals surface area (Å²) in [6.45, 7) is 2.14. The average molecular weight is 538 g/mol. The quantitative estimate of drug-likeness (QED) is 0.205. The van der Waals surface area contributed by atoms with E-state index in [1.807, 2.05) is 91.0 Å². The Morgan fingerprint density at radius 1 is 0.780 bits per heavy atom. The van der Waals surface area contributed by atoms with E-state index in [-0.39, 0.29) is 5.78 Å². The van der Waals surface area contributed by atoms with Crippen molar-refractivity contribution >= 4 is 17.5 Å². The largest absolute Gasteiger partial charge is 0.384 e. The Morgan fingerprint density at radius 3 is 2.20 bits per heavy atom. The normalized spacial score (nSPS) is 13.4. The Balaban J connectivity index is 1.68. The number of nitrogens with two attached hydrogens (primary N) is 2. The molecule has 1 amide bonds. The molecule has 1 aliphatic rings. The topological polar surface area (TPSA) is 99.1 Å². The van der Waals surface area contributed by atoms with Gasteiger partial charge >= 0.3 is 0 Å². The highest BCUT2D eigenvalue weighted by atomic mass is 16.1. The van der Waals surface area contributed by atoms with Crippen LogP contribution in [0, 0.1) is 0 Å². The van der Waals surface area contributed by atoms with Gasteiger partial charge < -0.3 is 11.5 Å². The number of hydrogen-bond acceptors (Lipinski definition) is 4. The predicted molar refractivity (Wildman–Crippen MR) is 164 cm³/mol. The van der Waals surface area contributed by atoms with Crippen molar-refractivity contribution in [3.05, 3.63) is 131 Å². The monoisotopic (exact) mass is 537 g/mol. The number of hydrogen-bond donors (Lipinski definition) is 2. The molecule has 1 atom stereocenters. The number of unbranched alkanes of at least 4 members (excludes halogenated alkanes) is 1. The van der Waals surface area contributed by atoms with E-state index < -0.39 is 11.8 Å². The molecule has 0 aliphatic heterocycles. The summed E-state index contributed by atoms with van der Waals surface area (Å²) in [6.07, 6.45) is 4.25. The van der Waals surface area contributed by atoms with Crippen LogP contribution in [0.3, 0.4) is 0 Å². The summed E-state index contributed by atoms with van der Waals surface area (Å²) in [6, 6.07) is 31.1. The molecule has 0 bridgehead atoms. The Bertz CT molecular complexity index is 1780. The predicted octanol–water partition coefficient (Wildman–Crippen LogP) is 7.17. The summed E-state index contributed by atoms with van der Waals surface area (Å²) in [4.78, 5) is 32.1. The van der Waals surface area contributed by atoms with Crippen LogP contribution in [0.5, 0.6) is 0 Å². The lowest BCUT2D eigenvalue weighted by molar-refractivity contribution is -0.118. The van der Waals surface area contributed by atoms with Gasteiger partial charge in [0.2, 0.25) is 5.91 Å². The number of anilines is 1. The minimum Gasteiger partial charge on any atom is -0.384 e. The van der Waals surface area contributed by atoms with Crippen molar-refractivity contribution in [1.29, 1.82) is 0 Å². The minimum absolute atomic E-state index is 0.0863. The van der Waals surface area contributed by atoms with Crippen LogP contribution in [0.2, 0.25) is 0 Å². The molecule has 1 unspecified atom stereocenters. The van der Waals surface area contributed by atoms with E-state index in [1.165, 1.54) is 0 Å². The van der Waals surface area contributed by atoms with Crippen molar-refractivity contribution in [3.8, 4) is 33.4 Å². The minimum atomic E-state index is -0.589. The molecular formula is C36H31N3O2. The zero-order valence-corrected chi connectivity index (χ0v) is 22.9. The van der Waals surface area contributed by atoms with Gasteiger partial charge in [-0.2, -0.15) is 0 Å². The molecule has 41 heavy (non-hydrogen) atoms. The lowest BCUT2D eigenvalue weighted by Gasteiger charge is -2.22. The smallest absolute Gasteiger partial charge is 0.229 e. The van der Waals surface area contributed by atoms with E-state index in [4.69, 9.17) is 11.5 Å². The highest BCUT2D eigenvalue weighted by Crippen LogP contribution is 2.50. The van der Waals surface area contributed by atoms with Crippen molar-refractivity contribution in [2.45, 2.75) is 32.1 Å². The Kier molecular flexibility index (Phi) is 6.94. The lowest BCUT2D eigenvalue weighted by Crippen LogP contribution is -2.22. The number of nitrogens with zero attached hydrogens (tertiary/aromatic N) is 1. The number of carbonyl (C=O) groups excluding carboxylic acids is 2. The van der Waals surface area contributed by atoms with Gasteiger partial charge in [-0.25, -0.2) is 4.98 Å². The molecule has 0 saturated carbocycles. The zero-order chi connectivity index (χ0) is 28.5. The average Bonchev–Trinajstić information content (AvgIpc) is 3.34. The third-order valence-electron chi connectivity index (χ3n) is 7.97. The van der Waals surface area contributed by atoms with Gasteiger partial charge in [0.25, 0.3) is 0 Å². The van der Waals surface area contributed by atoms with Crippen molar-refractivity contribution < 1.29 is 9.59 Å². The zero-order valence-electron chi connectivity index (χ0n) is 22.9. The number of carbonyl (C=O) groups is 2. The summed E-state index contributed by atoms with van der Waals surface area (Å²) in [5.74, 6) is -0.676. The van der Waals surface area contributed by atoms with Crippen LogP contribution in [0.1, 0.15) is 58.3 Å². The number of rotatable bonds is 8. The SMILES string of the molecule is CCCCc1c(-c2ccc(N)nc2)c(C(=O)c2ccccc2-c2ccccc2)cc2c1C(C(N)=O)c1ccccc1-2. The number of ketones is 1. The molecule has 5 heteroatoms.